The summed E-state index contributed by atoms with van der Waals surface area (Å²) in [4.78, 5) is 38.5. The van der Waals surface area contributed by atoms with Crippen molar-refractivity contribution < 1.29 is 23.9 Å². The molecule has 2 N–H and O–H groups in total. The number of hydrogen-bond donors (Lipinski definition) is 2. The maximum absolute atomic E-state index is 12.7. The van der Waals surface area contributed by atoms with Crippen LogP contribution in [0.2, 0.25) is 0 Å². The third-order valence-electron chi connectivity index (χ3n) is 5.57. The van der Waals surface area contributed by atoms with E-state index in [1.165, 1.54) is 0 Å². The van der Waals surface area contributed by atoms with E-state index in [4.69, 9.17) is 9.47 Å². The molecule has 0 atom stereocenters. The van der Waals surface area contributed by atoms with E-state index in [9.17, 15) is 14.4 Å². The van der Waals surface area contributed by atoms with Crippen LogP contribution in [0.25, 0.3) is 0 Å². The second-order valence-corrected chi connectivity index (χ2v) is 8.17. The van der Waals surface area contributed by atoms with E-state index in [0.717, 1.165) is 18.5 Å². The molecule has 0 aliphatic carbocycles. The molecule has 35 heavy (non-hydrogen) atoms. The molecule has 0 bridgehead atoms. The lowest BCUT2D eigenvalue weighted by Gasteiger charge is -2.16. The minimum atomic E-state index is -0.310. The van der Waals surface area contributed by atoms with Gasteiger partial charge in [-0.05, 0) is 60.5 Å². The van der Waals surface area contributed by atoms with Crippen LogP contribution in [0.4, 0.5) is 11.4 Å². The van der Waals surface area contributed by atoms with Crippen LogP contribution in [0.1, 0.15) is 28.8 Å². The standard InChI is InChI=1S/C27H27N3O5/c1-34-24-8-3-7-22(16-24)28-25(31)18-35-23-12-10-20(11-13-23)27(33)29-21-6-2-5-19(15-21)17-30-14-4-9-26(30)32/h2-3,5-8,10-13,15-16H,4,9,14,17-18H2,1H3,(H,28,31)(H,29,33). The molecule has 8 nitrogen and oxygen atoms in total. The van der Waals surface area contributed by atoms with Crippen molar-refractivity contribution >= 4 is 29.1 Å². The average Bonchev–Trinajstić information content (AvgIpc) is 3.27. The first-order chi connectivity index (χ1) is 17.0. The summed E-state index contributed by atoms with van der Waals surface area (Å²) in [6.07, 6.45) is 1.49. The van der Waals surface area contributed by atoms with Crippen molar-refractivity contribution in [2.24, 2.45) is 0 Å². The van der Waals surface area contributed by atoms with Gasteiger partial charge in [0.2, 0.25) is 5.91 Å². The molecule has 0 radical (unpaired) electrons. The number of benzene rings is 3. The molecule has 8 heteroatoms. The number of ether oxygens (including phenoxy) is 2. The molecule has 0 saturated carbocycles. The van der Waals surface area contributed by atoms with E-state index in [1.54, 1.807) is 55.6 Å². The highest BCUT2D eigenvalue weighted by Gasteiger charge is 2.20. The Labute approximate surface area is 203 Å². The van der Waals surface area contributed by atoms with Crippen LogP contribution in [0.15, 0.2) is 72.8 Å². The molecular weight excluding hydrogens is 446 g/mol. The van der Waals surface area contributed by atoms with Crippen LogP contribution in [-0.4, -0.2) is 42.9 Å². The first-order valence-corrected chi connectivity index (χ1v) is 11.3. The molecule has 0 aromatic heterocycles. The van der Waals surface area contributed by atoms with Gasteiger partial charge in [0, 0.05) is 42.5 Å². The second kappa shape index (κ2) is 11.2. The zero-order valence-electron chi connectivity index (χ0n) is 19.5. The highest BCUT2D eigenvalue weighted by molar-refractivity contribution is 6.04. The van der Waals surface area contributed by atoms with Crippen molar-refractivity contribution in [3.63, 3.8) is 0 Å². The van der Waals surface area contributed by atoms with Crippen molar-refractivity contribution in [1.29, 1.82) is 0 Å². The monoisotopic (exact) mass is 473 g/mol. The fourth-order valence-corrected chi connectivity index (χ4v) is 3.79. The number of nitrogens with zero attached hydrogens (tertiary/aromatic N) is 1. The van der Waals surface area contributed by atoms with Gasteiger partial charge in [0.15, 0.2) is 6.61 Å². The lowest BCUT2D eigenvalue weighted by atomic mass is 10.1. The number of rotatable bonds is 9. The highest BCUT2D eigenvalue weighted by atomic mass is 16.5. The Balaban J connectivity index is 1.28. The summed E-state index contributed by atoms with van der Waals surface area (Å²) in [6, 6.07) is 21.1. The van der Waals surface area contributed by atoms with Gasteiger partial charge in [-0.1, -0.05) is 18.2 Å². The summed E-state index contributed by atoms with van der Waals surface area (Å²) in [6.45, 7) is 1.14. The summed E-state index contributed by atoms with van der Waals surface area (Å²) in [5, 5.41) is 5.63. The minimum absolute atomic E-state index is 0.166. The van der Waals surface area contributed by atoms with Crippen molar-refractivity contribution in [3.05, 3.63) is 83.9 Å². The van der Waals surface area contributed by atoms with Crippen LogP contribution < -0.4 is 20.1 Å². The van der Waals surface area contributed by atoms with Gasteiger partial charge in [-0.2, -0.15) is 0 Å². The first-order valence-electron chi connectivity index (χ1n) is 11.3. The Bertz CT molecular complexity index is 1210. The van der Waals surface area contributed by atoms with Gasteiger partial charge in [0.1, 0.15) is 11.5 Å². The Kier molecular flexibility index (Phi) is 7.62. The van der Waals surface area contributed by atoms with Gasteiger partial charge in [-0.15, -0.1) is 0 Å². The van der Waals surface area contributed by atoms with Crippen LogP contribution in [0.3, 0.4) is 0 Å². The third kappa shape index (κ3) is 6.60. The van der Waals surface area contributed by atoms with Crippen LogP contribution in [0.5, 0.6) is 11.5 Å². The van der Waals surface area contributed by atoms with Crippen molar-refractivity contribution in [3.8, 4) is 11.5 Å². The summed E-state index contributed by atoms with van der Waals surface area (Å²) in [7, 11) is 1.56. The topological polar surface area (TPSA) is 97.0 Å². The molecule has 180 valence electrons. The summed E-state index contributed by atoms with van der Waals surface area (Å²) in [5.74, 6) is 0.711. The smallest absolute Gasteiger partial charge is 0.262 e. The van der Waals surface area contributed by atoms with Crippen LogP contribution >= 0.6 is 0 Å². The highest BCUT2D eigenvalue weighted by Crippen LogP contribution is 2.19. The molecule has 0 spiro atoms. The number of carbonyl (C=O) groups excluding carboxylic acids is 3. The molecule has 1 saturated heterocycles. The number of amides is 3. The van der Waals surface area contributed by atoms with E-state index >= 15 is 0 Å². The van der Waals surface area contributed by atoms with E-state index < -0.39 is 0 Å². The number of nitrogens with one attached hydrogen (secondary N) is 2. The zero-order chi connectivity index (χ0) is 24.6. The molecule has 3 amide bonds. The van der Waals surface area contributed by atoms with Crippen molar-refractivity contribution in [2.75, 3.05) is 30.9 Å². The van der Waals surface area contributed by atoms with Gasteiger partial charge in [-0.3, -0.25) is 14.4 Å². The van der Waals surface area contributed by atoms with E-state index in [1.807, 2.05) is 29.2 Å². The lowest BCUT2D eigenvalue weighted by Crippen LogP contribution is -2.23. The van der Waals surface area contributed by atoms with Gasteiger partial charge in [0.25, 0.3) is 11.8 Å². The number of carbonyl (C=O) groups is 3. The maximum atomic E-state index is 12.7. The number of likely N-dealkylation sites (tertiary alicyclic amines) is 1. The molecule has 1 heterocycles. The average molecular weight is 474 g/mol. The Morgan fingerprint density at radius 3 is 2.37 bits per heavy atom. The van der Waals surface area contributed by atoms with Crippen LogP contribution in [-0.2, 0) is 16.1 Å². The van der Waals surface area contributed by atoms with Gasteiger partial charge in [0.05, 0.1) is 7.11 Å². The molecule has 1 aliphatic rings. The lowest BCUT2D eigenvalue weighted by molar-refractivity contribution is -0.128. The molecule has 1 fully saturated rings. The first kappa shape index (κ1) is 23.8. The van der Waals surface area contributed by atoms with Crippen molar-refractivity contribution in [1.82, 2.24) is 4.90 Å². The molecule has 3 aromatic carbocycles. The maximum Gasteiger partial charge on any atom is 0.262 e. The van der Waals surface area contributed by atoms with Crippen LogP contribution in [0, 0.1) is 0 Å². The quantitative estimate of drug-likeness (QED) is 0.488. The Morgan fingerprint density at radius 2 is 1.66 bits per heavy atom. The number of hydrogen-bond acceptors (Lipinski definition) is 5. The SMILES string of the molecule is COc1cccc(NC(=O)COc2ccc(C(=O)Nc3cccc(CN4CCCC4=O)c3)cc2)c1. The predicted octanol–water partition coefficient (Wildman–Crippen LogP) is 4.09. The summed E-state index contributed by atoms with van der Waals surface area (Å²) >= 11 is 0. The third-order valence-corrected chi connectivity index (χ3v) is 5.57. The predicted molar refractivity (Wildman–Crippen MR) is 133 cm³/mol. The fourth-order valence-electron chi connectivity index (χ4n) is 3.79. The molecule has 0 unspecified atom stereocenters. The largest absolute Gasteiger partial charge is 0.497 e. The van der Waals surface area contributed by atoms with E-state index in [2.05, 4.69) is 10.6 Å². The van der Waals surface area contributed by atoms with Gasteiger partial charge >= 0.3 is 0 Å². The zero-order valence-corrected chi connectivity index (χ0v) is 19.5. The van der Waals surface area contributed by atoms with Gasteiger partial charge < -0.3 is 25.0 Å². The van der Waals surface area contributed by atoms with E-state index in [-0.39, 0.29) is 24.3 Å². The Hall–Kier alpha value is -4.33. The molecule has 3 aromatic rings. The van der Waals surface area contributed by atoms with Gasteiger partial charge in [-0.25, -0.2) is 0 Å². The summed E-state index contributed by atoms with van der Waals surface area (Å²) < 4.78 is 10.7. The van der Waals surface area contributed by atoms with Crippen molar-refractivity contribution in [2.45, 2.75) is 19.4 Å². The number of anilines is 2. The Morgan fingerprint density at radius 1 is 0.914 bits per heavy atom. The fraction of sp³-hybridized carbons (Fsp3) is 0.222. The summed E-state index contributed by atoms with van der Waals surface area (Å²) in [5.41, 5.74) is 2.70. The second-order valence-electron chi connectivity index (χ2n) is 8.17. The normalized spacial score (nSPS) is 12.8. The molecule has 4 rings (SSSR count). The molecular formula is C27H27N3O5. The number of methoxy groups -OCH3 is 1. The molecule has 1 aliphatic heterocycles. The minimum Gasteiger partial charge on any atom is -0.497 e. The van der Waals surface area contributed by atoms with E-state index in [0.29, 0.717) is 41.4 Å².